The smallest absolute Gasteiger partial charge is 0.272 e. The van der Waals surface area contributed by atoms with Crippen LogP contribution in [0.2, 0.25) is 5.02 Å². The third-order valence-electron chi connectivity index (χ3n) is 6.90. The van der Waals surface area contributed by atoms with Crippen LogP contribution in [0, 0.1) is 26.7 Å². The van der Waals surface area contributed by atoms with Crippen molar-refractivity contribution in [2.75, 3.05) is 19.6 Å². The van der Waals surface area contributed by atoms with E-state index in [0.29, 0.717) is 24.7 Å². The highest BCUT2D eigenvalue weighted by Crippen LogP contribution is 2.20. The van der Waals surface area contributed by atoms with Gasteiger partial charge < -0.3 is 9.88 Å². The molecule has 34 heavy (non-hydrogen) atoms. The lowest BCUT2D eigenvalue weighted by atomic mass is 9.96. The van der Waals surface area contributed by atoms with Crippen LogP contribution in [0.5, 0.6) is 0 Å². The summed E-state index contributed by atoms with van der Waals surface area (Å²) in [5, 5.41) is 3.86. The summed E-state index contributed by atoms with van der Waals surface area (Å²) >= 11 is 5.98. The number of halogens is 1. The van der Waals surface area contributed by atoms with Crippen molar-refractivity contribution < 1.29 is 4.79 Å². The van der Waals surface area contributed by atoms with Gasteiger partial charge in [-0.05, 0) is 93.6 Å². The number of nitrogens with one attached hydrogen (secondary N) is 1. The summed E-state index contributed by atoms with van der Waals surface area (Å²) < 4.78 is 1.69. The number of aromatic nitrogens is 2. The summed E-state index contributed by atoms with van der Waals surface area (Å²) in [6.45, 7) is 9.83. The second-order valence-electron chi connectivity index (χ2n) is 9.48. The van der Waals surface area contributed by atoms with Crippen molar-refractivity contribution in [2.45, 2.75) is 53.1 Å². The van der Waals surface area contributed by atoms with Gasteiger partial charge in [-0.15, -0.1) is 0 Å². The van der Waals surface area contributed by atoms with E-state index >= 15 is 0 Å². The molecule has 6 nitrogen and oxygen atoms in total. The van der Waals surface area contributed by atoms with E-state index in [0.717, 1.165) is 59.7 Å². The Labute approximate surface area is 205 Å². The van der Waals surface area contributed by atoms with Crippen molar-refractivity contribution in [1.29, 1.82) is 0 Å². The molecule has 4 rings (SSSR count). The maximum absolute atomic E-state index is 12.7. The van der Waals surface area contributed by atoms with Gasteiger partial charge in [-0.2, -0.15) is 0 Å². The molecule has 0 unspecified atom stereocenters. The highest BCUT2D eigenvalue weighted by atomic mass is 35.5. The zero-order chi connectivity index (χ0) is 24.2. The second kappa shape index (κ2) is 10.7. The molecule has 0 radical (unpaired) electrons. The van der Waals surface area contributed by atoms with E-state index in [1.165, 1.54) is 5.56 Å². The summed E-state index contributed by atoms with van der Waals surface area (Å²) in [6.07, 6.45) is 2.42. The molecular formula is C27H33ClN4O2. The first kappa shape index (κ1) is 24.4. The average molecular weight is 481 g/mol. The fourth-order valence-corrected chi connectivity index (χ4v) is 4.73. The minimum atomic E-state index is -0.128. The minimum absolute atomic E-state index is 0.0121. The highest BCUT2D eigenvalue weighted by Gasteiger charge is 2.20. The quantitative estimate of drug-likeness (QED) is 0.544. The highest BCUT2D eigenvalue weighted by molar-refractivity contribution is 6.30. The predicted molar refractivity (Wildman–Crippen MR) is 137 cm³/mol. The zero-order valence-electron chi connectivity index (χ0n) is 20.2. The van der Waals surface area contributed by atoms with Crippen molar-refractivity contribution in [3.63, 3.8) is 0 Å². The maximum Gasteiger partial charge on any atom is 0.272 e. The molecule has 1 saturated heterocycles. The largest absolute Gasteiger partial charge is 0.356 e. The molecule has 1 aliphatic heterocycles. The van der Waals surface area contributed by atoms with E-state index in [2.05, 4.69) is 27.3 Å². The number of carbonyl (C=O) groups excluding carboxylic acids is 1. The molecule has 7 heteroatoms. The SMILES string of the molecule is Cc1cc2nc(C)c(=O)n(CCC(=O)NCC3CCN(Cc4ccc(Cl)cc4)CC3)c2cc1C. The Kier molecular flexibility index (Phi) is 7.69. The normalized spacial score (nSPS) is 15.1. The molecule has 2 aromatic carbocycles. The Morgan fingerprint density at radius 3 is 2.47 bits per heavy atom. The van der Waals surface area contributed by atoms with Crippen molar-refractivity contribution >= 4 is 28.5 Å². The number of carbonyl (C=O) groups is 1. The molecule has 1 aromatic heterocycles. The fourth-order valence-electron chi connectivity index (χ4n) is 4.60. The summed E-state index contributed by atoms with van der Waals surface area (Å²) in [6, 6.07) is 12.0. The van der Waals surface area contributed by atoms with Gasteiger partial charge in [-0.25, -0.2) is 4.98 Å². The van der Waals surface area contributed by atoms with Crippen LogP contribution >= 0.6 is 11.6 Å². The molecule has 2 heterocycles. The number of hydrogen-bond donors (Lipinski definition) is 1. The second-order valence-corrected chi connectivity index (χ2v) is 9.92. The lowest BCUT2D eigenvalue weighted by molar-refractivity contribution is -0.121. The third-order valence-corrected chi connectivity index (χ3v) is 7.15. The van der Waals surface area contributed by atoms with E-state index in [9.17, 15) is 9.59 Å². The van der Waals surface area contributed by atoms with Crippen LogP contribution in [-0.4, -0.2) is 40.0 Å². The molecule has 0 aliphatic carbocycles. The predicted octanol–water partition coefficient (Wildman–Crippen LogP) is 4.39. The minimum Gasteiger partial charge on any atom is -0.356 e. The summed E-state index contributed by atoms with van der Waals surface area (Å²) in [5.74, 6) is 0.477. The van der Waals surface area contributed by atoms with Gasteiger partial charge in [0.05, 0.1) is 11.0 Å². The first-order chi connectivity index (χ1) is 16.3. The lowest BCUT2D eigenvalue weighted by Gasteiger charge is -2.32. The van der Waals surface area contributed by atoms with Crippen LogP contribution in [0.25, 0.3) is 11.0 Å². The van der Waals surface area contributed by atoms with Gasteiger partial charge >= 0.3 is 0 Å². The van der Waals surface area contributed by atoms with Gasteiger partial charge in [0.1, 0.15) is 5.69 Å². The number of hydrogen-bond acceptors (Lipinski definition) is 4. The number of likely N-dealkylation sites (tertiary alicyclic amines) is 1. The van der Waals surface area contributed by atoms with Gasteiger partial charge in [0.15, 0.2) is 0 Å². The first-order valence-corrected chi connectivity index (χ1v) is 12.4. The molecule has 1 N–H and O–H groups in total. The van der Waals surface area contributed by atoms with Crippen LogP contribution in [0.1, 0.15) is 41.6 Å². The van der Waals surface area contributed by atoms with Crippen molar-refractivity contribution in [2.24, 2.45) is 5.92 Å². The van der Waals surface area contributed by atoms with E-state index in [4.69, 9.17) is 11.6 Å². The Morgan fingerprint density at radius 2 is 1.76 bits per heavy atom. The van der Waals surface area contributed by atoms with Crippen LogP contribution in [0.4, 0.5) is 0 Å². The molecule has 3 aromatic rings. The van der Waals surface area contributed by atoms with E-state index in [-0.39, 0.29) is 17.9 Å². The van der Waals surface area contributed by atoms with E-state index in [1.54, 1.807) is 11.5 Å². The number of nitrogens with zero attached hydrogens (tertiary/aromatic N) is 3. The number of amides is 1. The van der Waals surface area contributed by atoms with Crippen LogP contribution < -0.4 is 10.9 Å². The monoisotopic (exact) mass is 480 g/mol. The number of aryl methyl sites for hydroxylation is 4. The Hall–Kier alpha value is -2.70. The molecule has 0 bridgehead atoms. The van der Waals surface area contributed by atoms with Gasteiger partial charge in [0, 0.05) is 31.1 Å². The third kappa shape index (κ3) is 5.86. The molecule has 1 aliphatic rings. The number of fused-ring (bicyclic) bond motifs is 1. The first-order valence-electron chi connectivity index (χ1n) is 12.0. The lowest BCUT2D eigenvalue weighted by Crippen LogP contribution is -2.38. The van der Waals surface area contributed by atoms with Crippen LogP contribution in [0.3, 0.4) is 0 Å². The zero-order valence-corrected chi connectivity index (χ0v) is 21.0. The summed E-state index contributed by atoms with van der Waals surface area (Å²) in [4.78, 5) is 32.2. The van der Waals surface area contributed by atoms with Gasteiger partial charge in [0.25, 0.3) is 5.56 Å². The van der Waals surface area contributed by atoms with Crippen molar-refractivity contribution in [3.8, 4) is 0 Å². The Morgan fingerprint density at radius 1 is 1.09 bits per heavy atom. The molecule has 1 amide bonds. The topological polar surface area (TPSA) is 67.2 Å². The molecular weight excluding hydrogens is 448 g/mol. The van der Waals surface area contributed by atoms with Gasteiger partial charge in [-0.1, -0.05) is 23.7 Å². The number of rotatable bonds is 7. The Balaban J connectivity index is 1.27. The number of benzene rings is 2. The maximum atomic E-state index is 12.7. The molecule has 180 valence electrons. The average Bonchev–Trinajstić information content (AvgIpc) is 2.82. The van der Waals surface area contributed by atoms with E-state index in [1.807, 2.05) is 38.1 Å². The van der Waals surface area contributed by atoms with Crippen molar-refractivity contribution in [3.05, 3.63) is 74.2 Å². The molecule has 0 saturated carbocycles. The van der Waals surface area contributed by atoms with Crippen LogP contribution in [0.15, 0.2) is 41.2 Å². The van der Waals surface area contributed by atoms with Crippen LogP contribution in [-0.2, 0) is 17.9 Å². The Bertz CT molecular complexity index is 1230. The van der Waals surface area contributed by atoms with E-state index < -0.39 is 0 Å². The number of piperidine rings is 1. The summed E-state index contributed by atoms with van der Waals surface area (Å²) in [5.41, 5.74) is 5.44. The van der Waals surface area contributed by atoms with Gasteiger partial charge in [0.2, 0.25) is 5.91 Å². The fraction of sp³-hybridized carbons (Fsp3) is 0.444. The molecule has 0 atom stereocenters. The summed E-state index contributed by atoms with van der Waals surface area (Å²) in [7, 11) is 0. The van der Waals surface area contributed by atoms with Crippen molar-refractivity contribution in [1.82, 2.24) is 19.8 Å². The molecule has 1 fully saturated rings. The standard InChI is InChI=1S/C27H33ClN4O2/c1-18-14-24-25(15-19(18)2)32(27(34)20(3)30-24)13-10-26(33)29-16-21-8-11-31(12-9-21)17-22-4-6-23(28)7-5-22/h4-7,14-15,21H,8-13,16-17H2,1-3H3,(H,29,33). The molecule has 0 spiro atoms. The van der Waals surface area contributed by atoms with Gasteiger partial charge in [-0.3, -0.25) is 14.5 Å².